The van der Waals surface area contributed by atoms with Crippen molar-refractivity contribution in [2.75, 3.05) is 0 Å². The van der Waals surface area contributed by atoms with Crippen molar-refractivity contribution in [2.24, 2.45) is 23.6 Å². The van der Waals surface area contributed by atoms with Crippen molar-refractivity contribution in [1.29, 1.82) is 0 Å². The van der Waals surface area contributed by atoms with E-state index in [1.54, 1.807) is 6.07 Å². The summed E-state index contributed by atoms with van der Waals surface area (Å²) < 4.78 is 13.5. The van der Waals surface area contributed by atoms with Crippen molar-refractivity contribution in [3.8, 4) is 0 Å². The number of hydrazine groups is 1. The topological polar surface area (TPSA) is 38.0 Å². The van der Waals surface area contributed by atoms with Crippen molar-refractivity contribution < 1.29 is 4.39 Å². The molecule has 0 radical (unpaired) electrons. The zero-order valence-corrected chi connectivity index (χ0v) is 12.9. The minimum atomic E-state index is -0.134. The molecule has 0 heterocycles. The Morgan fingerprint density at radius 1 is 1.14 bits per heavy atom. The van der Waals surface area contributed by atoms with E-state index in [2.05, 4.69) is 5.43 Å². The number of fused-ring (bicyclic) bond motifs is 1. The Balaban J connectivity index is 1.75. The molecule has 4 unspecified atom stereocenters. The van der Waals surface area contributed by atoms with Gasteiger partial charge in [0.25, 0.3) is 0 Å². The standard InChI is InChI=1S/C18H27FN2/c1-12-10-15(8-9-17(12)19)18(21-20)16-7-6-13-4-2-3-5-14(13)11-16/h8-10,13-14,16,18,21H,2-7,11,20H2,1H3. The minimum absolute atomic E-state index is 0.134. The second-order valence-corrected chi connectivity index (χ2v) is 7.03. The van der Waals surface area contributed by atoms with E-state index < -0.39 is 0 Å². The first-order valence-corrected chi connectivity index (χ1v) is 8.41. The maximum Gasteiger partial charge on any atom is 0.126 e. The summed E-state index contributed by atoms with van der Waals surface area (Å²) in [6.45, 7) is 1.82. The monoisotopic (exact) mass is 290 g/mol. The molecule has 3 heteroatoms. The van der Waals surface area contributed by atoms with E-state index in [0.29, 0.717) is 11.5 Å². The molecule has 0 saturated heterocycles. The summed E-state index contributed by atoms with van der Waals surface area (Å²) in [5, 5.41) is 0. The van der Waals surface area contributed by atoms with Crippen LogP contribution in [0.4, 0.5) is 4.39 Å². The van der Waals surface area contributed by atoms with E-state index in [1.807, 2.05) is 19.1 Å². The average Bonchev–Trinajstić information content (AvgIpc) is 2.51. The first-order chi connectivity index (χ1) is 10.2. The molecule has 2 nitrogen and oxygen atoms in total. The molecule has 1 aromatic rings. The van der Waals surface area contributed by atoms with E-state index >= 15 is 0 Å². The molecule has 2 saturated carbocycles. The normalized spacial score (nSPS) is 30.7. The molecule has 0 bridgehead atoms. The van der Waals surface area contributed by atoms with Gasteiger partial charge in [-0.15, -0.1) is 0 Å². The Hall–Kier alpha value is -0.930. The van der Waals surface area contributed by atoms with Crippen molar-refractivity contribution in [3.63, 3.8) is 0 Å². The number of hydrogen-bond acceptors (Lipinski definition) is 2. The average molecular weight is 290 g/mol. The molecule has 3 rings (SSSR count). The van der Waals surface area contributed by atoms with Gasteiger partial charge in [-0.25, -0.2) is 4.39 Å². The van der Waals surface area contributed by atoms with Crippen LogP contribution in [0.2, 0.25) is 0 Å². The van der Waals surface area contributed by atoms with E-state index in [4.69, 9.17) is 5.84 Å². The molecule has 2 aliphatic carbocycles. The van der Waals surface area contributed by atoms with Crippen molar-refractivity contribution in [2.45, 2.75) is 57.9 Å². The number of rotatable bonds is 3. The number of nitrogens with two attached hydrogens (primary N) is 1. The highest BCUT2D eigenvalue weighted by Gasteiger charge is 2.35. The maximum atomic E-state index is 13.5. The molecule has 0 aromatic heterocycles. The van der Waals surface area contributed by atoms with Gasteiger partial charge in [0, 0.05) is 6.04 Å². The van der Waals surface area contributed by atoms with Gasteiger partial charge in [0.15, 0.2) is 0 Å². The fourth-order valence-electron chi connectivity index (χ4n) is 4.58. The highest BCUT2D eigenvalue weighted by molar-refractivity contribution is 5.27. The second-order valence-electron chi connectivity index (χ2n) is 7.03. The van der Waals surface area contributed by atoms with Crippen LogP contribution >= 0.6 is 0 Å². The Kier molecular flexibility index (Phi) is 4.60. The number of nitrogens with one attached hydrogen (secondary N) is 1. The smallest absolute Gasteiger partial charge is 0.126 e. The highest BCUT2D eigenvalue weighted by Crippen LogP contribution is 2.46. The van der Waals surface area contributed by atoms with Crippen molar-refractivity contribution in [3.05, 3.63) is 35.1 Å². The van der Waals surface area contributed by atoms with Gasteiger partial charge < -0.3 is 0 Å². The van der Waals surface area contributed by atoms with E-state index in [-0.39, 0.29) is 11.9 Å². The van der Waals surface area contributed by atoms with Crippen molar-refractivity contribution >= 4 is 0 Å². The van der Waals surface area contributed by atoms with Crippen molar-refractivity contribution in [1.82, 2.24) is 5.43 Å². The molecule has 2 aliphatic rings. The Bertz CT molecular complexity index is 488. The summed E-state index contributed by atoms with van der Waals surface area (Å²) in [6, 6.07) is 5.57. The van der Waals surface area contributed by atoms with Crippen LogP contribution in [0, 0.1) is 30.5 Å². The fraction of sp³-hybridized carbons (Fsp3) is 0.667. The van der Waals surface area contributed by atoms with Crippen LogP contribution in [0.1, 0.15) is 62.1 Å². The van der Waals surface area contributed by atoms with Gasteiger partial charge >= 0.3 is 0 Å². The zero-order chi connectivity index (χ0) is 14.8. The minimum Gasteiger partial charge on any atom is -0.271 e. The molecular formula is C18H27FN2. The number of hydrogen-bond donors (Lipinski definition) is 2. The predicted octanol–water partition coefficient (Wildman–Crippen LogP) is 4.25. The molecule has 21 heavy (non-hydrogen) atoms. The maximum absolute atomic E-state index is 13.5. The van der Waals surface area contributed by atoms with Crippen LogP contribution in [0.25, 0.3) is 0 Å². The fourth-order valence-corrected chi connectivity index (χ4v) is 4.58. The molecule has 0 aliphatic heterocycles. The van der Waals surface area contributed by atoms with Gasteiger partial charge in [-0.05, 0) is 61.1 Å². The lowest BCUT2D eigenvalue weighted by Gasteiger charge is -2.42. The third kappa shape index (κ3) is 3.14. The van der Waals surface area contributed by atoms with Gasteiger partial charge in [0.2, 0.25) is 0 Å². The largest absolute Gasteiger partial charge is 0.271 e. The summed E-state index contributed by atoms with van der Waals surface area (Å²) in [4.78, 5) is 0. The molecule has 1 aromatic carbocycles. The predicted molar refractivity (Wildman–Crippen MR) is 84.0 cm³/mol. The Labute approximate surface area is 127 Å². The van der Waals surface area contributed by atoms with Gasteiger partial charge in [-0.2, -0.15) is 0 Å². The molecule has 3 N–H and O–H groups in total. The molecule has 0 amide bonds. The van der Waals surface area contributed by atoms with Gasteiger partial charge in [-0.1, -0.05) is 37.8 Å². The third-order valence-electron chi connectivity index (χ3n) is 5.77. The van der Waals surface area contributed by atoms with E-state index in [9.17, 15) is 4.39 Å². The molecule has 116 valence electrons. The zero-order valence-electron chi connectivity index (χ0n) is 12.9. The highest BCUT2D eigenvalue weighted by atomic mass is 19.1. The molecular weight excluding hydrogens is 263 g/mol. The summed E-state index contributed by atoms with van der Waals surface area (Å²) in [5.41, 5.74) is 4.85. The quantitative estimate of drug-likeness (QED) is 0.645. The summed E-state index contributed by atoms with van der Waals surface area (Å²) in [6.07, 6.45) is 9.48. The summed E-state index contributed by atoms with van der Waals surface area (Å²) in [5.74, 6) is 8.13. The number of benzene rings is 1. The first-order valence-electron chi connectivity index (χ1n) is 8.41. The molecule has 2 fully saturated rings. The SMILES string of the molecule is Cc1cc(C(NN)C2CCC3CCCCC3C2)ccc1F. The van der Waals surface area contributed by atoms with Crippen LogP contribution < -0.4 is 11.3 Å². The lowest BCUT2D eigenvalue weighted by Crippen LogP contribution is -2.38. The lowest BCUT2D eigenvalue weighted by molar-refractivity contribution is 0.109. The van der Waals surface area contributed by atoms with E-state index in [1.165, 1.54) is 44.9 Å². The third-order valence-corrected chi connectivity index (χ3v) is 5.77. The van der Waals surface area contributed by atoms with Gasteiger partial charge in [-0.3, -0.25) is 11.3 Å². The van der Waals surface area contributed by atoms with E-state index in [0.717, 1.165) is 17.4 Å². The van der Waals surface area contributed by atoms with Crippen LogP contribution in [-0.2, 0) is 0 Å². The van der Waals surface area contributed by atoms with Crippen LogP contribution in [0.3, 0.4) is 0 Å². The summed E-state index contributed by atoms with van der Waals surface area (Å²) >= 11 is 0. The van der Waals surface area contributed by atoms with Gasteiger partial charge in [0.05, 0.1) is 0 Å². The Morgan fingerprint density at radius 2 is 1.90 bits per heavy atom. The van der Waals surface area contributed by atoms with Crippen LogP contribution in [0.15, 0.2) is 18.2 Å². The van der Waals surface area contributed by atoms with Gasteiger partial charge in [0.1, 0.15) is 5.82 Å². The molecule has 0 spiro atoms. The summed E-state index contributed by atoms with van der Waals surface area (Å²) in [7, 11) is 0. The van der Waals surface area contributed by atoms with Crippen LogP contribution in [0.5, 0.6) is 0 Å². The lowest BCUT2D eigenvalue weighted by atomic mass is 9.65. The number of halogens is 1. The first kappa shape index (κ1) is 15.0. The van der Waals surface area contributed by atoms with Crippen LogP contribution in [-0.4, -0.2) is 0 Å². The second kappa shape index (κ2) is 6.45. The Morgan fingerprint density at radius 3 is 2.62 bits per heavy atom. The number of aryl methyl sites for hydroxylation is 1. The molecule has 4 atom stereocenters.